The van der Waals surface area contributed by atoms with Gasteiger partial charge in [-0.15, -0.1) is 0 Å². The molecule has 2 atom stereocenters. The highest BCUT2D eigenvalue weighted by atomic mass is 32.2. The Labute approximate surface area is 194 Å². The monoisotopic (exact) mass is 500 g/mol. The van der Waals surface area contributed by atoms with Crippen LogP contribution >= 0.6 is 0 Å². The van der Waals surface area contributed by atoms with Gasteiger partial charge in [-0.25, -0.2) is 12.8 Å². The van der Waals surface area contributed by atoms with Crippen molar-refractivity contribution >= 4 is 21.7 Å². The van der Waals surface area contributed by atoms with Gasteiger partial charge in [0.1, 0.15) is 11.9 Å². The quantitative estimate of drug-likeness (QED) is 0.605. The van der Waals surface area contributed by atoms with Gasteiger partial charge in [-0.3, -0.25) is 9.59 Å². The van der Waals surface area contributed by atoms with Crippen LogP contribution in [0.25, 0.3) is 0 Å². The zero-order valence-electron chi connectivity index (χ0n) is 18.5. The lowest BCUT2D eigenvalue weighted by atomic mass is 10.0. The second kappa shape index (κ2) is 9.73. The van der Waals surface area contributed by atoms with Gasteiger partial charge in [0.05, 0.1) is 16.5 Å². The van der Waals surface area contributed by atoms with Crippen LogP contribution in [0.2, 0.25) is 0 Å². The number of nitrogens with zero attached hydrogens (tertiary/aromatic N) is 1. The van der Waals surface area contributed by atoms with Crippen molar-refractivity contribution in [3.8, 4) is 0 Å². The van der Waals surface area contributed by atoms with E-state index in [-0.39, 0.29) is 29.0 Å². The first-order valence-corrected chi connectivity index (χ1v) is 12.5. The van der Waals surface area contributed by atoms with Gasteiger partial charge in [0.2, 0.25) is 5.91 Å². The molecule has 1 fully saturated rings. The summed E-state index contributed by atoms with van der Waals surface area (Å²) in [7, 11) is -3.53. The fraction of sp³-hybridized carbons (Fsp3) is 0.391. The molecule has 3 rings (SSSR count). The molecule has 184 valence electrons. The molecule has 0 aromatic heterocycles. The zero-order chi connectivity index (χ0) is 25.3. The maximum atomic E-state index is 14.4. The van der Waals surface area contributed by atoms with E-state index in [1.54, 1.807) is 6.92 Å². The molecule has 11 heteroatoms. The van der Waals surface area contributed by atoms with Crippen molar-refractivity contribution < 1.29 is 35.6 Å². The van der Waals surface area contributed by atoms with Crippen LogP contribution in [0.4, 0.5) is 17.6 Å². The summed E-state index contributed by atoms with van der Waals surface area (Å²) >= 11 is 0. The van der Waals surface area contributed by atoms with Gasteiger partial charge < -0.3 is 10.2 Å². The smallest absolute Gasteiger partial charge is 0.347 e. The summed E-state index contributed by atoms with van der Waals surface area (Å²) in [5.41, 5.74) is -1.09. The molecule has 1 heterocycles. The normalized spacial score (nSPS) is 17.5. The van der Waals surface area contributed by atoms with Gasteiger partial charge in [-0.1, -0.05) is 19.1 Å². The van der Waals surface area contributed by atoms with E-state index in [4.69, 9.17) is 0 Å². The Morgan fingerprint density at radius 1 is 1.18 bits per heavy atom. The number of carbonyl (C=O) groups is 2. The molecule has 34 heavy (non-hydrogen) atoms. The summed E-state index contributed by atoms with van der Waals surface area (Å²) in [5.74, 6) is -2.16. The molecular formula is C23H24F4N2O4S. The van der Waals surface area contributed by atoms with Gasteiger partial charge >= 0.3 is 6.18 Å². The lowest BCUT2D eigenvalue weighted by Crippen LogP contribution is -2.47. The maximum absolute atomic E-state index is 14.4. The predicted octanol–water partition coefficient (Wildman–Crippen LogP) is 4.12. The predicted molar refractivity (Wildman–Crippen MR) is 116 cm³/mol. The molecule has 0 unspecified atom stereocenters. The van der Waals surface area contributed by atoms with E-state index in [1.165, 1.54) is 29.2 Å². The average Bonchev–Trinajstić information content (AvgIpc) is 3.26. The first kappa shape index (κ1) is 25.7. The summed E-state index contributed by atoms with van der Waals surface area (Å²) in [6, 6.07) is 5.90. The number of rotatable bonds is 6. The summed E-state index contributed by atoms with van der Waals surface area (Å²) in [5, 5.41) is 2.65. The van der Waals surface area contributed by atoms with E-state index in [0.717, 1.165) is 18.4 Å². The van der Waals surface area contributed by atoms with Crippen molar-refractivity contribution in [2.45, 2.75) is 49.3 Å². The Morgan fingerprint density at radius 2 is 1.88 bits per heavy atom. The number of alkyl halides is 3. The van der Waals surface area contributed by atoms with Crippen molar-refractivity contribution in [1.29, 1.82) is 0 Å². The Kier molecular flexibility index (Phi) is 7.35. The van der Waals surface area contributed by atoms with E-state index < -0.39 is 51.3 Å². The molecule has 0 saturated carbocycles. The number of benzene rings is 2. The number of amides is 2. The molecular weight excluding hydrogens is 476 g/mol. The second-order valence-electron chi connectivity index (χ2n) is 8.16. The topological polar surface area (TPSA) is 83.6 Å². The van der Waals surface area contributed by atoms with E-state index >= 15 is 0 Å². The molecule has 1 aliphatic rings. The van der Waals surface area contributed by atoms with Crippen LogP contribution < -0.4 is 5.32 Å². The van der Waals surface area contributed by atoms with E-state index in [1.807, 2.05) is 0 Å². The first-order valence-electron chi connectivity index (χ1n) is 10.6. The fourth-order valence-corrected chi connectivity index (χ4v) is 4.63. The average molecular weight is 501 g/mol. The number of hydrogen-bond acceptors (Lipinski definition) is 4. The van der Waals surface area contributed by atoms with Gasteiger partial charge in [0.15, 0.2) is 9.84 Å². The molecule has 0 aliphatic carbocycles. The third-order valence-corrected chi connectivity index (χ3v) is 6.86. The summed E-state index contributed by atoms with van der Waals surface area (Å²) in [4.78, 5) is 27.3. The summed E-state index contributed by atoms with van der Waals surface area (Å²) in [6.45, 7) is 1.92. The summed E-state index contributed by atoms with van der Waals surface area (Å²) in [6.07, 6.45) is -2.58. The lowest BCUT2D eigenvalue weighted by Gasteiger charge is -2.27. The number of halogens is 4. The maximum Gasteiger partial charge on any atom is 0.416 e. The number of sulfone groups is 1. The molecule has 2 amide bonds. The van der Waals surface area contributed by atoms with Crippen molar-refractivity contribution in [3.05, 3.63) is 65.0 Å². The second-order valence-corrected chi connectivity index (χ2v) is 10.2. The minimum absolute atomic E-state index is 0.0256. The zero-order valence-corrected chi connectivity index (χ0v) is 19.3. The third kappa shape index (κ3) is 5.57. The van der Waals surface area contributed by atoms with Gasteiger partial charge in [-0.2, -0.15) is 13.2 Å². The van der Waals surface area contributed by atoms with Crippen LogP contribution in [-0.2, 0) is 20.8 Å². The highest BCUT2D eigenvalue weighted by molar-refractivity contribution is 7.90. The fourth-order valence-electron chi connectivity index (χ4n) is 3.96. The van der Waals surface area contributed by atoms with Crippen LogP contribution in [0.3, 0.4) is 0 Å². The molecule has 6 nitrogen and oxygen atoms in total. The van der Waals surface area contributed by atoms with E-state index in [9.17, 15) is 35.6 Å². The molecule has 1 saturated heterocycles. The number of hydrogen-bond donors (Lipinski definition) is 1. The van der Waals surface area contributed by atoms with Crippen molar-refractivity contribution in [2.24, 2.45) is 0 Å². The van der Waals surface area contributed by atoms with Crippen LogP contribution in [0.1, 0.15) is 53.7 Å². The van der Waals surface area contributed by atoms with E-state index in [2.05, 4.69) is 5.32 Å². The molecule has 0 spiro atoms. The Bertz CT molecular complexity index is 1200. The largest absolute Gasteiger partial charge is 0.416 e. The number of likely N-dealkylation sites (tertiary alicyclic amines) is 1. The lowest BCUT2D eigenvalue weighted by molar-refractivity contribution is -0.137. The van der Waals surface area contributed by atoms with Gasteiger partial charge in [-0.05, 0) is 49.6 Å². The van der Waals surface area contributed by atoms with Crippen LogP contribution in [-0.4, -0.2) is 44.0 Å². The highest BCUT2D eigenvalue weighted by Crippen LogP contribution is 2.32. The minimum atomic E-state index is -4.69. The van der Waals surface area contributed by atoms with E-state index in [0.29, 0.717) is 18.9 Å². The summed E-state index contributed by atoms with van der Waals surface area (Å²) < 4.78 is 76.6. The Morgan fingerprint density at radius 3 is 2.47 bits per heavy atom. The highest BCUT2D eigenvalue weighted by Gasteiger charge is 2.36. The van der Waals surface area contributed by atoms with Crippen molar-refractivity contribution in [3.63, 3.8) is 0 Å². The standard InChI is InChI=1S/C23H24F4N2O4S/c1-3-19(17-10-9-15(13-18(17)24)23(25,26)27)28-21(30)20-8-5-11-29(20)22(31)14-6-4-7-16(12-14)34(2,32)33/h4,6-7,9-10,12-13,19-20H,3,5,8,11H2,1-2H3,(H,28,30)/t19-,20-/m1/s1. The third-order valence-electron chi connectivity index (χ3n) is 5.75. The van der Waals surface area contributed by atoms with Gasteiger partial charge in [0, 0.05) is 23.9 Å². The van der Waals surface area contributed by atoms with Gasteiger partial charge in [0.25, 0.3) is 5.91 Å². The van der Waals surface area contributed by atoms with Crippen LogP contribution in [0.15, 0.2) is 47.4 Å². The number of nitrogens with one attached hydrogen (secondary N) is 1. The first-order chi connectivity index (χ1) is 15.8. The molecule has 0 radical (unpaired) electrons. The molecule has 1 N–H and O–H groups in total. The Hall–Kier alpha value is -2.95. The SMILES string of the molecule is CC[C@@H](NC(=O)[C@H]1CCCN1C(=O)c1cccc(S(C)(=O)=O)c1)c1ccc(C(F)(F)F)cc1F. The van der Waals surface area contributed by atoms with Crippen LogP contribution in [0.5, 0.6) is 0 Å². The molecule has 2 aromatic rings. The molecule has 1 aliphatic heterocycles. The van der Waals surface area contributed by atoms with Crippen molar-refractivity contribution in [1.82, 2.24) is 10.2 Å². The molecule has 0 bridgehead atoms. The minimum Gasteiger partial charge on any atom is -0.347 e. The molecule has 2 aromatic carbocycles. The Balaban J connectivity index is 1.79. The van der Waals surface area contributed by atoms with Crippen molar-refractivity contribution in [2.75, 3.05) is 12.8 Å². The van der Waals surface area contributed by atoms with Crippen LogP contribution in [0, 0.1) is 5.82 Å². The number of carbonyl (C=O) groups excluding carboxylic acids is 2.